The van der Waals surface area contributed by atoms with Crippen molar-refractivity contribution in [3.8, 4) is 5.75 Å². The van der Waals surface area contributed by atoms with Crippen molar-refractivity contribution < 1.29 is 19.1 Å². The van der Waals surface area contributed by atoms with E-state index in [9.17, 15) is 9.59 Å². The van der Waals surface area contributed by atoms with Crippen molar-refractivity contribution in [3.63, 3.8) is 0 Å². The van der Waals surface area contributed by atoms with Crippen LogP contribution < -0.4 is 10.1 Å². The minimum absolute atomic E-state index is 0.0296. The van der Waals surface area contributed by atoms with Gasteiger partial charge in [0.15, 0.2) is 6.61 Å². The Kier molecular flexibility index (Phi) is 5.63. The Morgan fingerprint density at radius 2 is 2.05 bits per heavy atom. The topological polar surface area (TPSA) is 67.9 Å². The highest BCUT2D eigenvalue weighted by molar-refractivity contribution is 5.78. The summed E-state index contributed by atoms with van der Waals surface area (Å²) in [5, 5.41) is 2.76. The molecule has 1 aliphatic rings. The van der Waals surface area contributed by atoms with Gasteiger partial charge in [-0.3, -0.25) is 4.79 Å². The molecule has 0 spiro atoms. The number of methoxy groups -OCH3 is 1. The molecule has 0 atom stereocenters. The van der Waals surface area contributed by atoms with E-state index in [0.29, 0.717) is 18.8 Å². The Labute approximate surface area is 130 Å². The molecule has 2 amide bonds. The summed E-state index contributed by atoms with van der Waals surface area (Å²) in [4.78, 5) is 25.0. The third-order valence-electron chi connectivity index (χ3n) is 3.71. The molecule has 0 aliphatic carbocycles. The minimum Gasteiger partial charge on any atom is -0.484 e. The number of piperidine rings is 1. The molecule has 2 rings (SSSR count). The molecule has 0 unspecified atom stereocenters. The molecule has 0 saturated carbocycles. The molecule has 120 valence electrons. The van der Waals surface area contributed by atoms with Crippen LogP contribution in [0.5, 0.6) is 5.75 Å². The van der Waals surface area contributed by atoms with Gasteiger partial charge < -0.3 is 19.7 Å². The Morgan fingerprint density at radius 1 is 1.32 bits per heavy atom. The number of hydrogen-bond donors (Lipinski definition) is 1. The second-order valence-electron chi connectivity index (χ2n) is 5.40. The zero-order valence-electron chi connectivity index (χ0n) is 13.0. The number of aryl methyl sites for hydroxylation is 1. The molecular formula is C16H22N2O4. The summed E-state index contributed by atoms with van der Waals surface area (Å²) >= 11 is 0. The van der Waals surface area contributed by atoms with Gasteiger partial charge in [-0.1, -0.05) is 12.1 Å². The number of nitrogens with one attached hydrogen (secondary N) is 1. The predicted molar refractivity (Wildman–Crippen MR) is 81.8 cm³/mol. The predicted octanol–water partition coefficient (Wildman–Crippen LogP) is 1.72. The molecule has 1 aliphatic heterocycles. The van der Waals surface area contributed by atoms with Crippen molar-refractivity contribution in [2.24, 2.45) is 0 Å². The van der Waals surface area contributed by atoms with Crippen LogP contribution in [0.25, 0.3) is 0 Å². The van der Waals surface area contributed by atoms with E-state index in [-0.39, 0.29) is 18.6 Å². The van der Waals surface area contributed by atoms with E-state index in [0.717, 1.165) is 18.4 Å². The Balaban J connectivity index is 1.74. The molecule has 0 radical (unpaired) electrons. The molecule has 0 aromatic heterocycles. The van der Waals surface area contributed by atoms with E-state index < -0.39 is 6.09 Å². The van der Waals surface area contributed by atoms with Crippen LogP contribution in [-0.4, -0.2) is 49.7 Å². The summed E-state index contributed by atoms with van der Waals surface area (Å²) in [7, 11) is 1.34. The molecule has 1 heterocycles. The number of carbonyl (C=O) groups excluding carboxylic acids is 2. The Morgan fingerprint density at radius 3 is 2.68 bits per heavy atom. The molecule has 6 heteroatoms. The van der Waals surface area contributed by atoms with Crippen molar-refractivity contribution in [2.45, 2.75) is 25.8 Å². The fourth-order valence-corrected chi connectivity index (χ4v) is 2.44. The summed E-state index contributed by atoms with van der Waals surface area (Å²) in [6, 6.07) is 7.69. The molecule has 1 fully saturated rings. The number of nitrogens with zero attached hydrogens (tertiary/aromatic N) is 1. The maximum absolute atomic E-state index is 12.1. The third-order valence-corrected chi connectivity index (χ3v) is 3.71. The molecule has 0 bridgehead atoms. The number of likely N-dealkylation sites (tertiary alicyclic amines) is 1. The van der Waals surface area contributed by atoms with Gasteiger partial charge in [0, 0.05) is 19.1 Å². The summed E-state index contributed by atoms with van der Waals surface area (Å²) in [6.45, 7) is 3.25. The fraction of sp³-hybridized carbons (Fsp3) is 0.500. The number of benzene rings is 1. The molecule has 1 aromatic rings. The smallest absolute Gasteiger partial charge is 0.407 e. The normalized spacial score (nSPS) is 15.3. The van der Waals surface area contributed by atoms with Gasteiger partial charge in [-0.05, 0) is 37.5 Å². The van der Waals surface area contributed by atoms with Crippen LogP contribution >= 0.6 is 0 Å². The molecule has 22 heavy (non-hydrogen) atoms. The summed E-state index contributed by atoms with van der Waals surface area (Å²) in [5.41, 5.74) is 1.10. The summed E-state index contributed by atoms with van der Waals surface area (Å²) in [5.74, 6) is 0.675. The van der Waals surface area contributed by atoms with E-state index >= 15 is 0 Å². The third kappa shape index (κ3) is 4.65. The SMILES string of the molecule is COC(=O)NC1CCN(C(=O)COc2cccc(C)c2)CC1. The van der Waals surface area contributed by atoms with Crippen LogP contribution in [0.15, 0.2) is 24.3 Å². The van der Waals surface area contributed by atoms with Crippen LogP contribution in [0, 0.1) is 6.92 Å². The monoisotopic (exact) mass is 306 g/mol. The zero-order chi connectivity index (χ0) is 15.9. The number of hydrogen-bond acceptors (Lipinski definition) is 4. The lowest BCUT2D eigenvalue weighted by molar-refractivity contribution is -0.134. The first-order valence-electron chi connectivity index (χ1n) is 7.40. The average molecular weight is 306 g/mol. The van der Waals surface area contributed by atoms with Gasteiger partial charge in [-0.2, -0.15) is 0 Å². The molecule has 1 saturated heterocycles. The maximum Gasteiger partial charge on any atom is 0.407 e. The summed E-state index contributed by atoms with van der Waals surface area (Å²) < 4.78 is 10.1. The first-order chi connectivity index (χ1) is 10.6. The maximum atomic E-state index is 12.1. The number of carbonyl (C=O) groups is 2. The van der Waals surface area contributed by atoms with Gasteiger partial charge in [0.25, 0.3) is 5.91 Å². The molecular weight excluding hydrogens is 284 g/mol. The zero-order valence-corrected chi connectivity index (χ0v) is 13.0. The van der Waals surface area contributed by atoms with Crippen LogP contribution in [0.2, 0.25) is 0 Å². The first kappa shape index (κ1) is 16.1. The largest absolute Gasteiger partial charge is 0.484 e. The van der Waals surface area contributed by atoms with Crippen LogP contribution in [0.4, 0.5) is 4.79 Å². The standard InChI is InChI=1S/C16H22N2O4/c1-12-4-3-5-14(10-12)22-11-15(19)18-8-6-13(7-9-18)17-16(20)21-2/h3-5,10,13H,6-9,11H2,1-2H3,(H,17,20). The minimum atomic E-state index is -0.424. The van der Waals surface area contributed by atoms with Crippen LogP contribution in [-0.2, 0) is 9.53 Å². The van der Waals surface area contributed by atoms with Gasteiger partial charge in [0.1, 0.15) is 5.75 Å². The number of rotatable bonds is 4. The molecule has 6 nitrogen and oxygen atoms in total. The summed E-state index contributed by atoms with van der Waals surface area (Å²) in [6.07, 6.45) is 1.03. The first-order valence-corrected chi connectivity index (χ1v) is 7.40. The Hall–Kier alpha value is -2.24. The van der Waals surface area contributed by atoms with Gasteiger partial charge in [-0.15, -0.1) is 0 Å². The van der Waals surface area contributed by atoms with Crippen molar-refractivity contribution >= 4 is 12.0 Å². The van der Waals surface area contributed by atoms with Crippen LogP contribution in [0.1, 0.15) is 18.4 Å². The van der Waals surface area contributed by atoms with Gasteiger partial charge in [0.2, 0.25) is 0 Å². The fourth-order valence-electron chi connectivity index (χ4n) is 2.44. The number of alkyl carbamates (subject to hydrolysis) is 1. The highest BCUT2D eigenvalue weighted by Crippen LogP contribution is 2.14. The Bertz CT molecular complexity index is 525. The molecule has 1 aromatic carbocycles. The quantitative estimate of drug-likeness (QED) is 0.919. The highest BCUT2D eigenvalue weighted by atomic mass is 16.5. The van der Waals surface area contributed by atoms with Crippen LogP contribution in [0.3, 0.4) is 0 Å². The van der Waals surface area contributed by atoms with E-state index in [1.807, 2.05) is 31.2 Å². The molecule has 1 N–H and O–H groups in total. The van der Waals surface area contributed by atoms with Gasteiger partial charge in [-0.25, -0.2) is 4.79 Å². The van der Waals surface area contributed by atoms with Crippen molar-refractivity contribution in [2.75, 3.05) is 26.8 Å². The highest BCUT2D eigenvalue weighted by Gasteiger charge is 2.24. The van der Waals surface area contributed by atoms with Gasteiger partial charge >= 0.3 is 6.09 Å². The van der Waals surface area contributed by atoms with E-state index in [2.05, 4.69) is 10.1 Å². The van der Waals surface area contributed by atoms with Crippen molar-refractivity contribution in [1.82, 2.24) is 10.2 Å². The van der Waals surface area contributed by atoms with Crippen molar-refractivity contribution in [3.05, 3.63) is 29.8 Å². The van der Waals surface area contributed by atoms with E-state index in [1.165, 1.54) is 7.11 Å². The number of amides is 2. The van der Waals surface area contributed by atoms with E-state index in [1.54, 1.807) is 4.90 Å². The lowest BCUT2D eigenvalue weighted by atomic mass is 10.1. The van der Waals surface area contributed by atoms with Crippen molar-refractivity contribution in [1.29, 1.82) is 0 Å². The number of ether oxygens (including phenoxy) is 2. The second kappa shape index (κ2) is 7.68. The lowest BCUT2D eigenvalue weighted by Gasteiger charge is -2.32. The second-order valence-corrected chi connectivity index (χ2v) is 5.40. The van der Waals surface area contributed by atoms with Gasteiger partial charge in [0.05, 0.1) is 7.11 Å². The average Bonchev–Trinajstić information content (AvgIpc) is 2.53. The lowest BCUT2D eigenvalue weighted by Crippen LogP contribution is -2.47. The van der Waals surface area contributed by atoms with E-state index in [4.69, 9.17) is 4.74 Å².